The van der Waals surface area contributed by atoms with Gasteiger partial charge < -0.3 is 19.9 Å². The third kappa shape index (κ3) is 9.11. The molecule has 0 aliphatic carbocycles. The van der Waals surface area contributed by atoms with Crippen LogP contribution in [0.25, 0.3) is 0 Å². The van der Waals surface area contributed by atoms with Crippen molar-refractivity contribution in [3.05, 3.63) is 45.9 Å². The maximum absolute atomic E-state index is 12.8. The van der Waals surface area contributed by atoms with E-state index < -0.39 is 11.7 Å². The molecule has 186 valence electrons. The van der Waals surface area contributed by atoms with Crippen LogP contribution in [0.5, 0.6) is 0 Å². The molecule has 3 amide bonds. The van der Waals surface area contributed by atoms with Crippen molar-refractivity contribution in [1.82, 2.24) is 20.1 Å². The Morgan fingerprint density at radius 1 is 1.12 bits per heavy atom. The maximum Gasteiger partial charge on any atom is 0.412 e. The van der Waals surface area contributed by atoms with E-state index in [1.54, 1.807) is 43.3 Å². The molecule has 9 nitrogen and oxygen atoms in total. The SMILES string of the molecule is CCNC(=O)N(CCN(C)C)Cc1ccc(C(=O)Cc2cscc2NC(=O)OC(C)(C)C)nc1. The number of aromatic nitrogens is 1. The summed E-state index contributed by atoms with van der Waals surface area (Å²) in [5.41, 5.74) is 1.82. The second kappa shape index (κ2) is 12.5. The van der Waals surface area contributed by atoms with Crippen LogP contribution in [0.15, 0.2) is 29.1 Å². The van der Waals surface area contributed by atoms with Crippen LogP contribution in [0.4, 0.5) is 15.3 Å². The van der Waals surface area contributed by atoms with Crippen LogP contribution in [0.1, 0.15) is 49.3 Å². The second-order valence-electron chi connectivity index (χ2n) is 9.15. The largest absolute Gasteiger partial charge is 0.444 e. The molecule has 0 unspecified atom stereocenters. The average molecular weight is 490 g/mol. The van der Waals surface area contributed by atoms with Gasteiger partial charge in [-0.25, -0.2) is 9.59 Å². The first-order chi connectivity index (χ1) is 16.0. The number of pyridine rings is 1. The highest BCUT2D eigenvalue weighted by Crippen LogP contribution is 2.23. The molecule has 0 atom stereocenters. The quantitative estimate of drug-likeness (QED) is 0.489. The van der Waals surface area contributed by atoms with Crippen LogP contribution >= 0.6 is 11.3 Å². The highest BCUT2D eigenvalue weighted by Gasteiger charge is 2.19. The van der Waals surface area contributed by atoms with Gasteiger partial charge in [0.1, 0.15) is 11.3 Å². The first-order valence-electron chi connectivity index (χ1n) is 11.2. The summed E-state index contributed by atoms with van der Waals surface area (Å²) in [7, 11) is 3.92. The summed E-state index contributed by atoms with van der Waals surface area (Å²) in [5, 5.41) is 9.13. The fraction of sp³-hybridized carbons (Fsp3) is 0.500. The molecule has 10 heteroatoms. The average Bonchev–Trinajstić information content (AvgIpc) is 3.16. The molecule has 0 saturated carbocycles. The van der Waals surface area contributed by atoms with Crippen molar-refractivity contribution in [3.8, 4) is 0 Å². The van der Waals surface area contributed by atoms with Crippen LogP contribution in [0.2, 0.25) is 0 Å². The molecule has 0 bridgehead atoms. The van der Waals surface area contributed by atoms with Crippen LogP contribution in [0, 0.1) is 0 Å². The molecule has 2 aromatic rings. The summed E-state index contributed by atoms with van der Waals surface area (Å²) in [6.07, 6.45) is 1.17. The van der Waals surface area contributed by atoms with Gasteiger partial charge in [0, 0.05) is 44.2 Å². The summed E-state index contributed by atoms with van der Waals surface area (Å²) < 4.78 is 5.29. The molecular formula is C24H35N5O4S. The van der Waals surface area contributed by atoms with E-state index in [2.05, 4.69) is 15.6 Å². The Morgan fingerprint density at radius 2 is 1.85 bits per heavy atom. The van der Waals surface area contributed by atoms with Crippen molar-refractivity contribution in [2.24, 2.45) is 0 Å². The molecule has 0 radical (unpaired) electrons. The number of carbonyl (C=O) groups is 3. The van der Waals surface area contributed by atoms with Gasteiger partial charge in [-0.1, -0.05) is 6.07 Å². The molecule has 0 spiro atoms. The predicted octanol–water partition coefficient (Wildman–Crippen LogP) is 4.01. The Bertz CT molecular complexity index is 966. The highest BCUT2D eigenvalue weighted by atomic mass is 32.1. The van der Waals surface area contributed by atoms with Gasteiger partial charge >= 0.3 is 12.1 Å². The Hall–Kier alpha value is -2.98. The number of hydrogen-bond donors (Lipinski definition) is 2. The fourth-order valence-electron chi connectivity index (χ4n) is 2.99. The summed E-state index contributed by atoms with van der Waals surface area (Å²) in [6.45, 7) is 9.51. The summed E-state index contributed by atoms with van der Waals surface area (Å²) >= 11 is 1.40. The van der Waals surface area contributed by atoms with Crippen molar-refractivity contribution < 1.29 is 19.1 Å². The summed E-state index contributed by atoms with van der Waals surface area (Å²) in [4.78, 5) is 45.3. The van der Waals surface area contributed by atoms with Gasteiger partial charge in [-0.05, 0) is 64.4 Å². The molecule has 0 aliphatic heterocycles. The first-order valence-corrected chi connectivity index (χ1v) is 12.1. The van der Waals surface area contributed by atoms with Crippen LogP contribution < -0.4 is 10.6 Å². The molecule has 0 aliphatic rings. The van der Waals surface area contributed by atoms with Gasteiger partial charge in [0.05, 0.1) is 5.69 Å². The van der Waals surface area contributed by atoms with Crippen molar-refractivity contribution in [2.45, 2.75) is 46.3 Å². The molecule has 0 fully saturated rings. The molecule has 2 heterocycles. The van der Waals surface area contributed by atoms with E-state index in [1.807, 2.05) is 37.4 Å². The lowest BCUT2D eigenvalue weighted by Crippen LogP contribution is -2.42. The Labute approximate surface area is 205 Å². The molecule has 2 rings (SSSR count). The lowest BCUT2D eigenvalue weighted by atomic mass is 10.1. The van der Waals surface area contributed by atoms with Crippen molar-refractivity contribution in [3.63, 3.8) is 0 Å². The Balaban J connectivity index is 2.02. The number of Topliss-reactive ketones (excluding diaryl/α,β-unsaturated/α-hetero) is 1. The van der Waals surface area contributed by atoms with Crippen LogP contribution in [-0.4, -0.2) is 72.0 Å². The standard InChI is InChI=1S/C24H35N5O4S/c1-7-25-22(31)29(11-10-28(5)6)14-17-8-9-19(26-13-17)21(30)12-18-15-34-16-20(18)27-23(32)33-24(2,3)4/h8-9,13,15-16H,7,10-12,14H2,1-6H3,(H,25,31)(H,27,32). The number of rotatable bonds is 10. The minimum absolute atomic E-state index is 0.106. The normalized spacial score (nSPS) is 11.3. The van der Waals surface area contributed by atoms with Crippen molar-refractivity contribution >= 4 is 34.9 Å². The molecule has 0 saturated heterocycles. The lowest BCUT2D eigenvalue weighted by Gasteiger charge is -2.24. The molecule has 2 N–H and O–H groups in total. The van der Waals surface area contributed by atoms with E-state index in [1.165, 1.54) is 11.3 Å². The number of anilines is 1. The van der Waals surface area contributed by atoms with Crippen molar-refractivity contribution in [1.29, 1.82) is 0 Å². The monoisotopic (exact) mass is 489 g/mol. The Morgan fingerprint density at radius 3 is 2.44 bits per heavy atom. The van der Waals surface area contributed by atoms with E-state index in [4.69, 9.17) is 4.74 Å². The van der Waals surface area contributed by atoms with E-state index in [0.29, 0.717) is 36.6 Å². The third-order valence-electron chi connectivity index (χ3n) is 4.64. The number of likely N-dealkylation sites (N-methyl/N-ethyl adjacent to an activating group) is 1. The minimum Gasteiger partial charge on any atom is -0.444 e. The zero-order valence-corrected chi connectivity index (χ0v) is 21.6. The maximum atomic E-state index is 12.8. The Kier molecular flexibility index (Phi) is 10.0. The zero-order valence-electron chi connectivity index (χ0n) is 20.8. The van der Waals surface area contributed by atoms with E-state index in [-0.39, 0.29) is 18.2 Å². The second-order valence-corrected chi connectivity index (χ2v) is 9.89. The molecular weight excluding hydrogens is 454 g/mol. The van der Waals surface area contributed by atoms with Gasteiger partial charge in [-0.3, -0.25) is 15.1 Å². The van der Waals surface area contributed by atoms with Gasteiger partial charge in [0.2, 0.25) is 0 Å². The minimum atomic E-state index is -0.610. The summed E-state index contributed by atoms with van der Waals surface area (Å²) in [5.74, 6) is -0.162. The van der Waals surface area contributed by atoms with E-state index in [9.17, 15) is 14.4 Å². The van der Waals surface area contributed by atoms with E-state index >= 15 is 0 Å². The zero-order chi connectivity index (χ0) is 25.3. The predicted molar refractivity (Wildman–Crippen MR) is 134 cm³/mol. The van der Waals surface area contributed by atoms with Crippen LogP contribution in [0.3, 0.4) is 0 Å². The van der Waals surface area contributed by atoms with E-state index in [0.717, 1.165) is 12.1 Å². The first kappa shape index (κ1) is 27.3. The fourth-order valence-corrected chi connectivity index (χ4v) is 3.78. The number of thiophene rings is 1. The number of nitrogens with one attached hydrogen (secondary N) is 2. The molecule has 34 heavy (non-hydrogen) atoms. The number of ketones is 1. The summed E-state index contributed by atoms with van der Waals surface area (Å²) in [6, 6.07) is 3.36. The van der Waals surface area contributed by atoms with Gasteiger partial charge in [0.25, 0.3) is 0 Å². The number of hydrogen-bond acceptors (Lipinski definition) is 7. The van der Waals surface area contributed by atoms with Crippen molar-refractivity contribution in [2.75, 3.05) is 39.0 Å². The van der Waals surface area contributed by atoms with Gasteiger partial charge in [0.15, 0.2) is 5.78 Å². The molecule has 0 aromatic carbocycles. The number of amides is 3. The number of urea groups is 1. The third-order valence-corrected chi connectivity index (χ3v) is 5.44. The lowest BCUT2D eigenvalue weighted by molar-refractivity contribution is 0.0635. The topological polar surface area (TPSA) is 104 Å². The highest BCUT2D eigenvalue weighted by molar-refractivity contribution is 7.08. The smallest absolute Gasteiger partial charge is 0.412 e. The number of nitrogens with zero attached hydrogens (tertiary/aromatic N) is 3. The van der Waals surface area contributed by atoms with Crippen LogP contribution in [-0.2, 0) is 17.7 Å². The van der Waals surface area contributed by atoms with Gasteiger partial charge in [-0.2, -0.15) is 0 Å². The van der Waals surface area contributed by atoms with Gasteiger partial charge in [-0.15, -0.1) is 11.3 Å². The number of carbonyl (C=O) groups excluding carboxylic acids is 3. The number of ether oxygens (including phenoxy) is 1. The molecule has 2 aromatic heterocycles.